The molecule has 0 aliphatic heterocycles. The van der Waals surface area contributed by atoms with Gasteiger partial charge in [0, 0.05) is 12.2 Å². The van der Waals surface area contributed by atoms with Crippen LogP contribution in [0.25, 0.3) is 11.0 Å². The number of carbonyl (C=O) groups is 1. The van der Waals surface area contributed by atoms with Gasteiger partial charge in [0.1, 0.15) is 0 Å². The lowest BCUT2D eigenvalue weighted by Crippen LogP contribution is -2.32. The Labute approximate surface area is 111 Å². The highest BCUT2D eigenvalue weighted by atomic mass is 16.1. The first-order chi connectivity index (χ1) is 9.04. The van der Waals surface area contributed by atoms with Crippen LogP contribution >= 0.6 is 0 Å². The lowest BCUT2D eigenvalue weighted by molar-refractivity contribution is -0.119. The van der Waals surface area contributed by atoms with E-state index in [1.54, 1.807) is 6.07 Å². The van der Waals surface area contributed by atoms with Gasteiger partial charge in [-0.1, -0.05) is 13.8 Å². The number of hydrogen-bond acceptors (Lipinski definition) is 4. The number of aromatic nitrogens is 2. The minimum absolute atomic E-state index is 0.0475. The average molecular weight is 261 g/mol. The van der Waals surface area contributed by atoms with E-state index in [4.69, 9.17) is 5.73 Å². The first-order valence-corrected chi connectivity index (χ1v) is 6.30. The van der Waals surface area contributed by atoms with E-state index in [9.17, 15) is 4.79 Å². The quantitative estimate of drug-likeness (QED) is 0.610. The van der Waals surface area contributed by atoms with E-state index >= 15 is 0 Å². The molecule has 0 saturated carbocycles. The van der Waals surface area contributed by atoms with Crippen molar-refractivity contribution in [1.82, 2.24) is 15.3 Å². The summed E-state index contributed by atoms with van der Waals surface area (Å²) in [5, 5.41) is 5.79. The molecule has 0 aliphatic carbocycles. The first kappa shape index (κ1) is 13.2. The summed E-state index contributed by atoms with van der Waals surface area (Å²) >= 11 is 0. The van der Waals surface area contributed by atoms with Gasteiger partial charge in [0.15, 0.2) is 0 Å². The Morgan fingerprint density at radius 2 is 2.26 bits per heavy atom. The van der Waals surface area contributed by atoms with Crippen LogP contribution in [0.4, 0.5) is 11.6 Å². The fourth-order valence-electron chi connectivity index (χ4n) is 1.66. The topological polar surface area (TPSA) is 95.8 Å². The number of imidazole rings is 1. The summed E-state index contributed by atoms with van der Waals surface area (Å²) in [7, 11) is 0. The molecule has 102 valence electrons. The van der Waals surface area contributed by atoms with Crippen LogP contribution in [0.3, 0.4) is 0 Å². The number of fused-ring (bicyclic) bond motifs is 1. The van der Waals surface area contributed by atoms with Crippen molar-refractivity contribution in [1.29, 1.82) is 0 Å². The van der Waals surface area contributed by atoms with E-state index in [0.29, 0.717) is 24.1 Å². The third kappa shape index (κ3) is 3.61. The van der Waals surface area contributed by atoms with Crippen molar-refractivity contribution in [3.63, 3.8) is 0 Å². The Bertz CT molecular complexity index is 575. The number of carbonyl (C=O) groups excluding carboxylic acids is 1. The predicted molar refractivity (Wildman–Crippen MR) is 76.8 cm³/mol. The smallest absolute Gasteiger partial charge is 0.239 e. The first-order valence-electron chi connectivity index (χ1n) is 6.30. The maximum Gasteiger partial charge on any atom is 0.239 e. The number of nitrogen functional groups attached to an aromatic ring is 1. The average Bonchev–Trinajstić information content (AvgIpc) is 2.75. The van der Waals surface area contributed by atoms with Crippen LogP contribution in [-0.2, 0) is 4.79 Å². The maximum atomic E-state index is 11.6. The summed E-state index contributed by atoms with van der Waals surface area (Å²) in [6.45, 7) is 4.98. The summed E-state index contributed by atoms with van der Waals surface area (Å²) in [4.78, 5) is 18.9. The lowest BCUT2D eigenvalue weighted by atomic mass is 10.2. The van der Waals surface area contributed by atoms with E-state index in [1.807, 2.05) is 12.1 Å². The Morgan fingerprint density at radius 1 is 1.47 bits per heavy atom. The van der Waals surface area contributed by atoms with E-state index in [1.165, 1.54) is 0 Å². The van der Waals surface area contributed by atoms with Crippen LogP contribution in [0.1, 0.15) is 13.8 Å². The second kappa shape index (κ2) is 5.60. The van der Waals surface area contributed by atoms with Gasteiger partial charge in [0.2, 0.25) is 11.9 Å². The molecule has 0 atom stereocenters. The standard InChI is InChI=1S/C13H19N5O/c1-8(2)6-15-12(19)7-16-13-17-10-4-3-9(14)5-11(10)18-13/h3-5,8H,6-7,14H2,1-2H3,(H,15,19)(H2,16,17,18). The highest BCUT2D eigenvalue weighted by Crippen LogP contribution is 2.16. The summed E-state index contributed by atoms with van der Waals surface area (Å²) in [6.07, 6.45) is 0. The van der Waals surface area contributed by atoms with Crippen LogP contribution in [-0.4, -0.2) is 29.0 Å². The maximum absolute atomic E-state index is 11.6. The van der Waals surface area contributed by atoms with Crippen molar-refractivity contribution >= 4 is 28.6 Å². The van der Waals surface area contributed by atoms with Crippen molar-refractivity contribution in [3.05, 3.63) is 18.2 Å². The number of aromatic amines is 1. The number of nitrogens with two attached hydrogens (primary N) is 1. The summed E-state index contributed by atoms with van der Waals surface area (Å²) in [6, 6.07) is 5.44. The molecular weight excluding hydrogens is 242 g/mol. The molecule has 0 bridgehead atoms. The Morgan fingerprint density at radius 3 is 3.00 bits per heavy atom. The van der Waals surface area contributed by atoms with Gasteiger partial charge in [0.25, 0.3) is 0 Å². The monoisotopic (exact) mass is 261 g/mol. The molecule has 19 heavy (non-hydrogen) atoms. The molecule has 0 radical (unpaired) electrons. The van der Waals surface area contributed by atoms with Crippen LogP contribution in [0, 0.1) is 5.92 Å². The van der Waals surface area contributed by atoms with Crippen molar-refractivity contribution in [3.8, 4) is 0 Å². The van der Waals surface area contributed by atoms with E-state index < -0.39 is 0 Å². The van der Waals surface area contributed by atoms with E-state index in [0.717, 1.165) is 11.0 Å². The highest BCUT2D eigenvalue weighted by molar-refractivity contribution is 5.83. The largest absolute Gasteiger partial charge is 0.399 e. The predicted octanol–water partition coefficient (Wildman–Crippen LogP) is 1.33. The van der Waals surface area contributed by atoms with Gasteiger partial charge < -0.3 is 21.4 Å². The molecular formula is C13H19N5O. The van der Waals surface area contributed by atoms with Gasteiger partial charge in [-0.05, 0) is 24.1 Å². The second-order valence-electron chi connectivity index (χ2n) is 4.91. The highest BCUT2D eigenvalue weighted by Gasteiger charge is 2.05. The third-order valence-electron chi connectivity index (χ3n) is 2.63. The minimum atomic E-state index is -0.0475. The van der Waals surface area contributed by atoms with Gasteiger partial charge in [-0.25, -0.2) is 4.98 Å². The van der Waals surface area contributed by atoms with Gasteiger partial charge >= 0.3 is 0 Å². The molecule has 0 fully saturated rings. The zero-order valence-corrected chi connectivity index (χ0v) is 11.2. The number of amides is 1. The molecule has 1 heterocycles. The van der Waals surface area contributed by atoms with Gasteiger partial charge in [-0.2, -0.15) is 0 Å². The Kier molecular flexibility index (Phi) is 3.89. The minimum Gasteiger partial charge on any atom is -0.399 e. The number of rotatable bonds is 5. The molecule has 0 saturated heterocycles. The number of hydrogen-bond donors (Lipinski definition) is 4. The number of H-pyrrole nitrogens is 1. The second-order valence-corrected chi connectivity index (χ2v) is 4.91. The molecule has 1 aromatic carbocycles. The molecule has 1 amide bonds. The van der Waals surface area contributed by atoms with Gasteiger partial charge in [0.05, 0.1) is 17.6 Å². The number of nitrogens with one attached hydrogen (secondary N) is 3. The number of benzene rings is 1. The van der Waals surface area contributed by atoms with Crippen LogP contribution in [0.2, 0.25) is 0 Å². The third-order valence-corrected chi connectivity index (χ3v) is 2.63. The molecule has 2 aromatic rings. The molecule has 6 heteroatoms. The molecule has 1 aromatic heterocycles. The van der Waals surface area contributed by atoms with Crippen LogP contribution in [0.15, 0.2) is 18.2 Å². The zero-order valence-electron chi connectivity index (χ0n) is 11.2. The van der Waals surface area contributed by atoms with E-state index in [-0.39, 0.29) is 12.5 Å². The van der Waals surface area contributed by atoms with Crippen LogP contribution < -0.4 is 16.4 Å². The van der Waals surface area contributed by atoms with Crippen LogP contribution in [0.5, 0.6) is 0 Å². The summed E-state index contributed by atoms with van der Waals surface area (Å²) in [5.74, 6) is 0.965. The molecule has 0 aliphatic rings. The Balaban J connectivity index is 1.92. The SMILES string of the molecule is CC(C)CNC(=O)CNc1nc2ccc(N)cc2[nH]1. The molecule has 0 unspecified atom stereocenters. The normalized spacial score (nSPS) is 10.9. The lowest BCUT2D eigenvalue weighted by Gasteiger charge is -2.07. The zero-order chi connectivity index (χ0) is 13.8. The van der Waals surface area contributed by atoms with Crippen molar-refractivity contribution < 1.29 is 4.79 Å². The fourth-order valence-corrected chi connectivity index (χ4v) is 1.66. The fraction of sp³-hybridized carbons (Fsp3) is 0.385. The van der Waals surface area contributed by atoms with Crippen molar-refractivity contribution in [2.45, 2.75) is 13.8 Å². The summed E-state index contributed by atoms with van der Waals surface area (Å²) in [5.41, 5.74) is 8.04. The van der Waals surface area contributed by atoms with E-state index in [2.05, 4.69) is 34.4 Å². The van der Waals surface area contributed by atoms with Crippen molar-refractivity contribution in [2.75, 3.05) is 24.1 Å². The van der Waals surface area contributed by atoms with Gasteiger partial charge in [-0.3, -0.25) is 4.79 Å². The molecule has 0 spiro atoms. The number of anilines is 2. The Hall–Kier alpha value is -2.24. The molecule has 2 rings (SSSR count). The summed E-state index contributed by atoms with van der Waals surface area (Å²) < 4.78 is 0. The number of nitrogens with zero attached hydrogens (tertiary/aromatic N) is 1. The molecule has 5 N–H and O–H groups in total. The molecule has 6 nitrogen and oxygen atoms in total. The van der Waals surface area contributed by atoms with Gasteiger partial charge in [-0.15, -0.1) is 0 Å². The van der Waals surface area contributed by atoms with Crippen molar-refractivity contribution in [2.24, 2.45) is 5.92 Å².